The summed E-state index contributed by atoms with van der Waals surface area (Å²) >= 11 is 0. The highest BCUT2D eigenvalue weighted by molar-refractivity contribution is 6.02. The van der Waals surface area contributed by atoms with Crippen molar-refractivity contribution in [1.29, 1.82) is 0 Å². The molecule has 174 valence electrons. The van der Waals surface area contributed by atoms with E-state index in [4.69, 9.17) is 19.9 Å². The van der Waals surface area contributed by atoms with Crippen LogP contribution in [0, 0.1) is 0 Å². The number of carbonyl (C=O) groups is 2. The minimum atomic E-state index is -0.856. The van der Waals surface area contributed by atoms with Gasteiger partial charge in [-0.05, 0) is 31.9 Å². The number of para-hydroxylation sites is 1. The highest BCUT2D eigenvalue weighted by atomic mass is 16.5. The number of primary amides is 1. The summed E-state index contributed by atoms with van der Waals surface area (Å²) in [5, 5.41) is 0. The van der Waals surface area contributed by atoms with Gasteiger partial charge in [0.1, 0.15) is 17.8 Å². The van der Waals surface area contributed by atoms with Gasteiger partial charge < -0.3 is 19.9 Å². The average Bonchev–Trinajstić information content (AvgIpc) is 3.41. The number of hydrogen-bond donors (Lipinski definition) is 1. The van der Waals surface area contributed by atoms with Crippen LogP contribution < -0.4 is 16.2 Å². The predicted molar refractivity (Wildman–Crippen MR) is 118 cm³/mol. The predicted octanol–water partition coefficient (Wildman–Crippen LogP) is 1.11. The van der Waals surface area contributed by atoms with Gasteiger partial charge in [0, 0.05) is 6.61 Å². The van der Waals surface area contributed by atoms with Crippen molar-refractivity contribution in [2.45, 2.75) is 39.0 Å². The SMILES string of the molecule is CCOC(=O)Cn1c(=O)n(C[C@@H]2CCCO2)c2nc(-c3ccccc3OC)nc(C(N)=O)c21. The number of methoxy groups -OCH3 is 1. The van der Waals surface area contributed by atoms with Crippen molar-refractivity contribution in [1.82, 2.24) is 19.1 Å². The largest absolute Gasteiger partial charge is 0.496 e. The van der Waals surface area contributed by atoms with E-state index in [0.29, 0.717) is 17.9 Å². The van der Waals surface area contributed by atoms with Crippen molar-refractivity contribution < 1.29 is 23.8 Å². The molecule has 11 nitrogen and oxygen atoms in total. The maximum Gasteiger partial charge on any atom is 0.331 e. The zero-order chi connectivity index (χ0) is 23.5. The monoisotopic (exact) mass is 455 g/mol. The first kappa shape index (κ1) is 22.5. The number of benzene rings is 1. The molecular formula is C22H25N5O6. The van der Waals surface area contributed by atoms with E-state index in [0.717, 1.165) is 17.4 Å². The van der Waals surface area contributed by atoms with Gasteiger partial charge in [0.05, 0.1) is 31.9 Å². The number of carbonyl (C=O) groups excluding carboxylic acids is 2. The molecular weight excluding hydrogens is 430 g/mol. The third-order valence-corrected chi connectivity index (χ3v) is 5.44. The van der Waals surface area contributed by atoms with Crippen LogP contribution in [0.25, 0.3) is 22.6 Å². The number of hydrogen-bond acceptors (Lipinski definition) is 8. The molecule has 0 spiro atoms. The van der Waals surface area contributed by atoms with E-state index >= 15 is 0 Å². The lowest BCUT2D eigenvalue weighted by molar-refractivity contribution is -0.143. The summed E-state index contributed by atoms with van der Waals surface area (Å²) in [5.74, 6) is -0.820. The second kappa shape index (κ2) is 9.41. The molecule has 1 aliphatic rings. The summed E-state index contributed by atoms with van der Waals surface area (Å²) < 4.78 is 18.7. The zero-order valence-corrected chi connectivity index (χ0v) is 18.4. The Morgan fingerprint density at radius 1 is 1.24 bits per heavy atom. The molecule has 0 unspecified atom stereocenters. The Kier molecular flexibility index (Phi) is 6.40. The van der Waals surface area contributed by atoms with Crippen LogP contribution >= 0.6 is 0 Å². The molecule has 3 heterocycles. The van der Waals surface area contributed by atoms with E-state index in [2.05, 4.69) is 9.97 Å². The second-order valence-corrected chi connectivity index (χ2v) is 7.55. The molecule has 11 heteroatoms. The first-order valence-electron chi connectivity index (χ1n) is 10.7. The fourth-order valence-corrected chi connectivity index (χ4v) is 3.97. The maximum atomic E-state index is 13.4. The Labute approximate surface area is 189 Å². The van der Waals surface area contributed by atoms with E-state index in [1.807, 2.05) is 0 Å². The highest BCUT2D eigenvalue weighted by Crippen LogP contribution is 2.29. The molecule has 1 aliphatic heterocycles. The normalized spacial score (nSPS) is 15.6. The van der Waals surface area contributed by atoms with Crippen LogP contribution in [-0.4, -0.2) is 57.4 Å². The summed E-state index contributed by atoms with van der Waals surface area (Å²) in [6.07, 6.45) is 1.48. The van der Waals surface area contributed by atoms with Gasteiger partial charge in [-0.25, -0.2) is 14.8 Å². The molecule has 1 amide bonds. The number of amides is 1. The summed E-state index contributed by atoms with van der Waals surface area (Å²) in [6.45, 7) is 2.23. The smallest absolute Gasteiger partial charge is 0.331 e. The molecule has 3 aromatic rings. The summed E-state index contributed by atoms with van der Waals surface area (Å²) in [6, 6.07) is 7.04. The number of aromatic nitrogens is 4. The van der Waals surface area contributed by atoms with Crippen LogP contribution in [0.15, 0.2) is 29.1 Å². The van der Waals surface area contributed by atoms with Gasteiger partial charge in [0.2, 0.25) is 0 Å². The van der Waals surface area contributed by atoms with E-state index in [1.54, 1.807) is 31.2 Å². The van der Waals surface area contributed by atoms with Gasteiger partial charge in [0.15, 0.2) is 17.2 Å². The molecule has 0 aliphatic carbocycles. The van der Waals surface area contributed by atoms with Gasteiger partial charge >= 0.3 is 11.7 Å². The molecule has 2 aromatic heterocycles. The lowest BCUT2D eigenvalue weighted by Crippen LogP contribution is -2.31. The maximum absolute atomic E-state index is 13.4. The number of ether oxygens (including phenoxy) is 3. The second-order valence-electron chi connectivity index (χ2n) is 7.55. The molecule has 1 atom stereocenters. The van der Waals surface area contributed by atoms with E-state index < -0.39 is 24.1 Å². The lowest BCUT2D eigenvalue weighted by atomic mass is 10.1. The fourth-order valence-electron chi connectivity index (χ4n) is 3.97. The standard InChI is InChI=1S/C22H25N5O6/c1-3-32-16(28)12-26-18-17(19(23)29)24-20(14-8-4-5-9-15(14)31-2)25-21(18)27(22(26)30)11-13-7-6-10-33-13/h4-5,8-9,13H,3,6-7,10-12H2,1-2H3,(H2,23,29)/t13-/m0/s1. The van der Waals surface area contributed by atoms with Crippen LogP contribution in [0.3, 0.4) is 0 Å². The van der Waals surface area contributed by atoms with Crippen molar-refractivity contribution in [2.24, 2.45) is 5.73 Å². The molecule has 0 bridgehead atoms. The number of imidazole rings is 1. The van der Waals surface area contributed by atoms with E-state index in [1.165, 1.54) is 11.7 Å². The van der Waals surface area contributed by atoms with E-state index in [9.17, 15) is 14.4 Å². The number of esters is 1. The van der Waals surface area contributed by atoms with Crippen molar-refractivity contribution in [2.75, 3.05) is 20.3 Å². The highest BCUT2D eigenvalue weighted by Gasteiger charge is 2.27. The van der Waals surface area contributed by atoms with E-state index in [-0.39, 0.29) is 41.9 Å². The first-order valence-corrected chi connectivity index (χ1v) is 10.7. The van der Waals surface area contributed by atoms with Gasteiger partial charge in [-0.3, -0.25) is 18.7 Å². The van der Waals surface area contributed by atoms with Crippen molar-refractivity contribution in [3.63, 3.8) is 0 Å². The van der Waals surface area contributed by atoms with Gasteiger partial charge in [-0.15, -0.1) is 0 Å². The Hall–Kier alpha value is -3.73. The summed E-state index contributed by atoms with van der Waals surface area (Å²) in [7, 11) is 1.51. The summed E-state index contributed by atoms with van der Waals surface area (Å²) in [5.41, 5.74) is 5.75. The molecule has 1 saturated heterocycles. The van der Waals surface area contributed by atoms with Gasteiger partial charge in [-0.2, -0.15) is 0 Å². The number of fused-ring (bicyclic) bond motifs is 1. The molecule has 33 heavy (non-hydrogen) atoms. The van der Waals surface area contributed by atoms with Gasteiger partial charge in [-0.1, -0.05) is 12.1 Å². The molecule has 1 aromatic carbocycles. The zero-order valence-electron chi connectivity index (χ0n) is 18.4. The molecule has 2 N–H and O–H groups in total. The van der Waals surface area contributed by atoms with Crippen molar-refractivity contribution in [3.8, 4) is 17.1 Å². The van der Waals surface area contributed by atoms with Gasteiger partial charge in [0.25, 0.3) is 5.91 Å². The third-order valence-electron chi connectivity index (χ3n) is 5.44. The molecule has 0 radical (unpaired) electrons. The Morgan fingerprint density at radius 3 is 2.70 bits per heavy atom. The molecule has 0 saturated carbocycles. The van der Waals surface area contributed by atoms with Crippen LogP contribution in [-0.2, 0) is 27.4 Å². The van der Waals surface area contributed by atoms with Crippen molar-refractivity contribution in [3.05, 3.63) is 40.4 Å². The number of nitrogens with two attached hydrogens (primary N) is 1. The molecule has 1 fully saturated rings. The topological polar surface area (TPSA) is 141 Å². The molecule has 4 rings (SSSR count). The Bertz CT molecular complexity index is 1260. The first-order chi connectivity index (χ1) is 15.9. The Balaban J connectivity index is 1.98. The summed E-state index contributed by atoms with van der Waals surface area (Å²) in [4.78, 5) is 47.0. The lowest BCUT2D eigenvalue weighted by Gasteiger charge is -2.11. The van der Waals surface area contributed by atoms with Crippen LogP contribution in [0.2, 0.25) is 0 Å². The Morgan fingerprint density at radius 2 is 2.03 bits per heavy atom. The third kappa shape index (κ3) is 4.31. The van der Waals surface area contributed by atoms with Crippen LogP contribution in [0.5, 0.6) is 5.75 Å². The van der Waals surface area contributed by atoms with Crippen molar-refractivity contribution >= 4 is 23.0 Å². The minimum Gasteiger partial charge on any atom is -0.496 e. The quantitative estimate of drug-likeness (QED) is 0.498. The van der Waals surface area contributed by atoms with Crippen LogP contribution in [0.1, 0.15) is 30.3 Å². The number of nitrogens with zero attached hydrogens (tertiary/aromatic N) is 4. The number of rotatable bonds is 8. The minimum absolute atomic E-state index is 0.0807. The fraction of sp³-hybridized carbons (Fsp3) is 0.409. The average molecular weight is 455 g/mol. The van der Waals surface area contributed by atoms with Crippen LogP contribution in [0.4, 0.5) is 0 Å².